The summed E-state index contributed by atoms with van der Waals surface area (Å²) in [6.07, 6.45) is 1.93. The van der Waals surface area contributed by atoms with Crippen LogP contribution in [0.25, 0.3) is 11.3 Å². The van der Waals surface area contributed by atoms with Crippen LogP contribution in [0.5, 0.6) is 0 Å². The molecule has 0 saturated carbocycles. The number of carbonyl (C=O) groups is 2. The maximum Gasteiger partial charge on any atom is 0.414 e. The van der Waals surface area contributed by atoms with Crippen LogP contribution in [0.4, 0.5) is 10.5 Å². The number of amides is 2. The first kappa shape index (κ1) is 16.0. The number of anilines is 1. The number of rotatable bonds is 3. The van der Waals surface area contributed by atoms with E-state index in [0.717, 1.165) is 39.6 Å². The van der Waals surface area contributed by atoms with E-state index < -0.39 is 6.09 Å². The van der Waals surface area contributed by atoms with Crippen molar-refractivity contribution in [1.29, 1.82) is 0 Å². The van der Waals surface area contributed by atoms with E-state index in [2.05, 4.69) is 10.5 Å². The number of nitrogens with one attached hydrogen (secondary N) is 1. The number of aryl methyl sites for hydroxylation is 1. The highest BCUT2D eigenvalue weighted by Gasteiger charge is 2.33. The third-order valence-electron chi connectivity index (χ3n) is 4.25. The predicted molar refractivity (Wildman–Crippen MR) is 92.7 cm³/mol. The quantitative estimate of drug-likeness (QED) is 0.906. The summed E-state index contributed by atoms with van der Waals surface area (Å²) in [5.74, 6) is 1.60. The molecule has 7 nitrogen and oxygen atoms in total. The second kappa shape index (κ2) is 6.44. The molecule has 1 aromatic heterocycles. The van der Waals surface area contributed by atoms with Gasteiger partial charge in [0.15, 0.2) is 5.76 Å². The first-order chi connectivity index (χ1) is 12.1. The van der Waals surface area contributed by atoms with Gasteiger partial charge < -0.3 is 14.6 Å². The molecule has 0 bridgehead atoms. The predicted octanol–water partition coefficient (Wildman–Crippen LogP) is 2.45. The molecular weight excluding hydrogens is 342 g/mol. The molecule has 0 unspecified atom stereocenters. The molecule has 0 aliphatic carbocycles. The third-order valence-corrected chi connectivity index (χ3v) is 5.30. The molecular formula is C17H17N3O4S. The van der Waals surface area contributed by atoms with Gasteiger partial charge in [0, 0.05) is 34.4 Å². The van der Waals surface area contributed by atoms with E-state index in [9.17, 15) is 9.59 Å². The van der Waals surface area contributed by atoms with E-state index in [1.54, 1.807) is 22.9 Å². The summed E-state index contributed by atoms with van der Waals surface area (Å²) in [5.41, 5.74) is 2.89. The molecule has 2 amide bonds. The lowest BCUT2D eigenvalue weighted by molar-refractivity contribution is -0.119. The van der Waals surface area contributed by atoms with Crippen LogP contribution in [0.3, 0.4) is 0 Å². The average molecular weight is 359 g/mol. The molecule has 0 radical (unpaired) electrons. The van der Waals surface area contributed by atoms with Crippen molar-refractivity contribution in [3.05, 3.63) is 30.0 Å². The number of hydrogen-bond donors (Lipinski definition) is 1. The van der Waals surface area contributed by atoms with Gasteiger partial charge in [-0.15, -0.1) is 11.8 Å². The minimum Gasteiger partial charge on any atom is -0.442 e. The molecule has 2 aromatic rings. The van der Waals surface area contributed by atoms with Crippen molar-refractivity contribution < 1.29 is 18.8 Å². The maximum absolute atomic E-state index is 12.2. The van der Waals surface area contributed by atoms with Gasteiger partial charge in [-0.3, -0.25) is 9.69 Å². The molecule has 8 heteroatoms. The topological polar surface area (TPSA) is 84.7 Å². The largest absolute Gasteiger partial charge is 0.442 e. The van der Waals surface area contributed by atoms with Crippen LogP contribution >= 0.6 is 11.8 Å². The fourth-order valence-electron chi connectivity index (χ4n) is 3.01. The number of fused-ring (bicyclic) bond motifs is 3. The van der Waals surface area contributed by atoms with E-state index in [4.69, 9.17) is 9.26 Å². The van der Waals surface area contributed by atoms with Gasteiger partial charge in [-0.2, -0.15) is 0 Å². The number of benzene rings is 1. The Morgan fingerprint density at radius 2 is 2.36 bits per heavy atom. The molecule has 2 aliphatic heterocycles. The highest BCUT2D eigenvalue weighted by molar-refractivity contribution is 7.99. The zero-order chi connectivity index (χ0) is 17.4. The molecule has 1 fully saturated rings. The second-order valence-electron chi connectivity index (χ2n) is 6.01. The smallest absolute Gasteiger partial charge is 0.414 e. The van der Waals surface area contributed by atoms with Gasteiger partial charge in [0.2, 0.25) is 5.91 Å². The molecule has 1 N–H and O–H groups in total. The molecule has 2 aliphatic rings. The van der Waals surface area contributed by atoms with Crippen LogP contribution in [0.2, 0.25) is 0 Å². The fourth-order valence-corrected chi connectivity index (χ4v) is 4.08. The lowest BCUT2D eigenvalue weighted by Crippen LogP contribution is -2.33. The van der Waals surface area contributed by atoms with Gasteiger partial charge in [0.05, 0.1) is 19.3 Å². The van der Waals surface area contributed by atoms with E-state index in [-0.39, 0.29) is 12.0 Å². The van der Waals surface area contributed by atoms with Crippen LogP contribution in [0, 0.1) is 0 Å². The zero-order valence-electron chi connectivity index (χ0n) is 13.7. The lowest BCUT2D eigenvalue weighted by Gasteiger charge is -2.15. The fraction of sp³-hybridized carbons (Fsp3) is 0.353. The van der Waals surface area contributed by atoms with Gasteiger partial charge in [-0.05, 0) is 24.6 Å². The minimum absolute atomic E-state index is 0.140. The second-order valence-corrected chi connectivity index (χ2v) is 7.15. The Kier molecular flexibility index (Phi) is 4.12. The highest BCUT2D eigenvalue weighted by Crippen LogP contribution is 2.40. The Labute approximate surface area is 148 Å². The number of nitrogens with zero attached hydrogens (tertiary/aromatic N) is 2. The number of thioether (sulfide) groups is 1. The molecule has 130 valence electrons. The Morgan fingerprint density at radius 1 is 1.48 bits per heavy atom. The molecule has 3 heterocycles. The number of hydrogen-bond acceptors (Lipinski definition) is 6. The van der Waals surface area contributed by atoms with E-state index in [0.29, 0.717) is 13.1 Å². The summed E-state index contributed by atoms with van der Waals surface area (Å²) in [5, 5.41) is 6.58. The molecule has 1 atom stereocenters. The van der Waals surface area contributed by atoms with Crippen molar-refractivity contribution in [3.8, 4) is 11.3 Å². The minimum atomic E-state index is -0.394. The number of carbonyl (C=O) groups excluding carboxylic acids is 2. The van der Waals surface area contributed by atoms with E-state index >= 15 is 0 Å². The van der Waals surface area contributed by atoms with E-state index in [1.807, 2.05) is 18.2 Å². The van der Waals surface area contributed by atoms with Gasteiger partial charge in [-0.1, -0.05) is 5.16 Å². The summed E-state index contributed by atoms with van der Waals surface area (Å²) in [4.78, 5) is 25.9. The van der Waals surface area contributed by atoms with Crippen molar-refractivity contribution in [3.63, 3.8) is 0 Å². The normalized spacial score (nSPS) is 19.0. The van der Waals surface area contributed by atoms with Gasteiger partial charge in [0.25, 0.3) is 0 Å². The number of ether oxygens (including phenoxy) is 1. The van der Waals surface area contributed by atoms with Gasteiger partial charge in [0.1, 0.15) is 6.10 Å². The summed E-state index contributed by atoms with van der Waals surface area (Å²) in [6.45, 7) is 2.17. The van der Waals surface area contributed by atoms with Crippen LogP contribution in [-0.2, 0) is 16.0 Å². The van der Waals surface area contributed by atoms with Gasteiger partial charge >= 0.3 is 6.09 Å². The zero-order valence-corrected chi connectivity index (χ0v) is 14.5. The Bertz CT molecular complexity index is 835. The number of cyclic esters (lactones) is 1. The Hall–Kier alpha value is -2.48. The van der Waals surface area contributed by atoms with Crippen molar-refractivity contribution in [1.82, 2.24) is 10.5 Å². The van der Waals surface area contributed by atoms with Crippen molar-refractivity contribution in [2.75, 3.05) is 23.7 Å². The third kappa shape index (κ3) is 3.09. The molecule has 0 spiro atoms. The van der Waals surface area contributed by atoms with Crippen molar-refractivity contribution in [2.24, 2.45) is 0 Å². The lowest BCUT2D eigenvalue weighted by atomic mass is 10.1. The highest BCUT2D eigenvalue weighted by atomic mass is 32.2. The van der Waals surface area contributed by atoms with Crippen LogP contribution in [0.1, 0.15) is 12.5 Å². The standard InChI is InChI=1S/C17H17N3O4S/c1-10(21)18-8-13-9-20(17(22)23-13)12-2-3-14-15(6-12)25-5-4-11-7-19-24-16(11)14/h2-3,6-7,13H,4-5,8-9H2,1H3,(H,18,21)/t13-/m0/s1. The molecule has 4 rings (SSSR count). The molecule has 1 aromatic carbocycles. The van der Waals surface area contributed by atoms with E-state index in [1.165, 1.54) is 6.92 Å². The molecule has 1 saturated heterocycles. The SMILES string of the molecule is CC(=O)NC[C@H]1CN(c2ccc3c(c2)SCCc2cnoc2-3)C(=O)O1. The summed E-state index contributed by atoms with van der Waals surface area (Å²) < 4.78 is 10.7. The summed E-state index contributed by atoms with van der Waals surface area (Å²) in [7, 11) is 0. The summed E-state index contributed by atoms with van der Waals surface area (Å²) >= 11 is 1.74. The van der Waals surface area contributed by atoms with Crippen LogP contribution in [0.15, 0.2) is 33.8 Å². The monoisotopic (exact) mass is 359 g/mol. The van der Waals surface area contributed by atoms with Crippen molar-refractivity contribution >= 4 is 29.4 Å². The van der Waals surface area contributed by atoms with Crippen molar-refractivity contribution in [2.45, 2.75) is 24.3 Å². The average Bonchev–Trinajstić information content (AvgIpc) is 3.15. The van der Waals surface area contributed by atoms with Crippen LogP contribution in [-0.4, -0.2) is 42.1 Å². The maximum atomic E-state index is 12.2. The van der Waals surface area contributed by atoms with Gasteiger partial charge in [-0.25, -0.2) is 4.79 Å². The molecule has 25 heavy (non-hydrogen) atoms. The number of aromatic nitrogens is 1. The first-order valence-electron chi connectivity index (χ1n) is 8.05. The first-order valence-corrected chi connectivity index (χ1v) is 9.04. The summed E-state index contributed by atoms with van der Waals surface area (Å²) in [6, 6.07) is 5.83. The Morgan fingerprint density at radius 3 is 3.20 bits per heavy atom. The Balaban J connectivity index is 1.58. The van der Waals surface area contributed by atoms with Crippen LogP contribution < -0.4 is 10.2 Å².